The molecule has 3 aromatic rings. The van der Waals surface area contributed by atoms with E-state index >= 15 is 0 Å². The predicted molar refractivity (Wildman–Crippen MR) is 109 cm³/mol. The van der Waals surface area contributed by atoms with E-state index in [1.54, 1.807) is 24.5 Å². The first kappa shape index (κ1) is 18.6. The number of benzene rings is 1. The maximum absolute atomic E-state index is 12.8. The zero-order valence-electron chi connectivity index (χ0n) is 15.7. The molecule has 6 heteroatoms. The number of aromatic nitrogens is 3. The summed E-state index contributed by atoms with van der Waals surface area (Å²) in [5, 5.41) is 0.583. The van der Waals surface area contributed by atoms with E-state index in [-0.39, 0.29) is 5.91 Å². The van der Waals surface area contributed by atoms with Gasteiger partial charge in [0.25, 0.3) is 5.91 Å². The van der Waals surface area contributed by atoms with Crippen LogP contribution in [0.15, 0.2) is 55.0 Å². The van der Waals surface area contributed by atoms with Crippen LogP contribution in [0.25, 0.3) is 11.1 Å². The number of carbonyl (C=O) groups excluding carboxylic acids is 1. The van der Waals surface area contributed by atoms with Crippen molar-refractivity contribution in [1.82, 2.24) is 19.9 Å². The largest absolute Gasteiger partial charge is 0.339 e. The van der Waals surface area contributed by atoms with Gasteiger partial charge in [0.2, 0.25) is 0 Å². The SMILES string of the molecule is Cc1ncc(-c2ccncc2)c(C2CCN(C(=O)c3cccc(Cl)c3)CC2)n1. The summed E-state index contributed by atoms with van der Waals surface area (Å²) < 4.78 is 0. The van der Waals surface area contributed by atoms with Crippen LogP contribution in [0.4, 0.5) is 0 Å². The standard InChI is InChI=1S/C22H21ClN4O/c1-15-25-14-20(16-5-9-24-10-6-16)21(26-15)17-7-11-27(12-8-17)22(28)18-3-2-4-19(23)13-18/h2-6,9-10,13-14,17H,7-8,11-12H2,1H3. The Hall–Kier alpha value is -2.79. The number of likely N-dealkylation sites (tertiary alicyclic amines) is 1. The van der Waals surface area contributed by atoms with Crippen LogP contribution in [0, 0.1) is 6.92 Å². The van der Waals surface area contributed by atoms with Crippen LogP contribution >= 0.6 is 11.6 Å². The van der Waals surface area contributed by atoms with Crippen molar-refractivity contribution in [1.29, 1.82) is 0 Å². The molecule has 2 aromatic heterocycles. The van der Waals surface area contributed by atoms with E-state index in [9.17, 15) is 4.79 Å². The van der Waals surface area contributed by atoms with Crippen LogP contribution in [-0.4, -0.2) is 38.8 Å². The monoisotopic (exact) mass is 392 g/mol. The average Bonchev–Trinajstić information content (AvgIpc) is 2.74. The number of halogens is 1. The van der Waals surface area contributed by atoms with Gasteiger partial charge in [0, 0.05) is 53.7 Å². The summed E-state index contributed by atoms with van der Waals surface area (Å²) >= 11 is 6.03. The lowest BCUT2D eigenvalue weighted by Gasteiger charge is -2.32. The molecule has 0 spiro atoms. The number of pyridine rings is 1. The Labute approximate surface area is 169 Å². The highest BCUT2D eigenvalue weighted by molar-refractivity contribution is 6.30. The van der Waals surface area contributed by atoms with E-state index in [0.717, 1.165) is 35.5 Å². The molecule has 0 atom stereocenters. The molecule has 1 aromatic carbocycles. The molecular formula is C22H21ClN4O. The van der Waals surface area contributed by atoms with Crippen LogP contribution < -0.4 is 0 Å². The Morgan fingerprint density at radius 1 is 1.14 bits per heavy atom. The topological polar surface area (TPSA) is 59.0 Å². The maximum Gasteiger partial charge on any atom is 0.253 e. The van der Waals surface area contributed by atoms with Gasteiger partial charge in [-0.15, -0.1) is 0 Å². The lowest BCUT2D eigenvalue weighted by molar-refractivity contribution is 0.0712. The maximum atomic E-state index is 12.8. The zero-order chi connectivity index (χ0) is 19.5. The smallest absolute Gasteiger partial charge is 0.253 e. The summed E-state index contributed by atoms with van der Waals surface area (Å²) in [5.41, 5.74) is 3.82. The second kappa shape index (κ2) is 8.07. The van der Waals surface area contributed by atoms with Gasteiger partial charge in [0.15, 0.2) is 0 Å². The third-order valence-electron chi connectivity index (χ3n) is 5.17. The molecule has 1 fully saturated rings. The van der Waals surface area contributed by atoms with Gasteiger partial charge < -0.3 is 4.90 Å². The van der Waals surface area contributed by atoms with E-state index in [4.69, 9.17) is 16.6 Å². The van der Waals surface area contributed by atoms with Crippen molar-refractivity contribution in [3.63, 3.8) is 0 Å². The Kier molecular flexibility index (Phi) is 5.35. The van der Waals surface area contributed by atoms with E-state index in [0.29, 0.717) is 29.6 Å². The summed E-state index contributed by atoms with van der Waals surface area (Å²) in [4.78, 5) is 27.9. The third-order valence-corrected chi connectivity index (χ3v) is 5.41. The van der Waals surface area contributed by atoms with Crippen LogP contribution in [0.5, 0.6) is 0 Å². The van der Waals surface area contributed by atoms with Crippen LogP contribution in [0.3, 0.4) is 0 Å². The van der Waals surface area contributed by atoms with E-state index in [2.05, 4.69) is 9.97 Å². The van der Waals surface area contributed by atoms with Crippen LogP contribution in [0.2, 0.25) is 5.02 Å². The predicted octanol–water partition coefficient (Wildman–Crippen LogP) is 4.52. The van der Waals surface area contributed by atoms with Gasteiger partial charge in [0.05, 0.1) is 5.69 Å². The first-order valence-corrected chi connectivity index (χ1v) is 9.78. The van der Waals surface area contributed by atoms with Gasteiger partial charge in [0.1, 0.15) is 5.82 Å². The van der Waals surface area contributed by atoms with Crippen molar-refractivity contribution in [3.05, 3.63) is 77.1 Å². The molecule has 0 saturated carbocycles. The van der Waals surface area contributed by atoms with Crippen molar-refractivity contribution in [2.24, 2.45) is 0 Å². The molecule has 1 aliphatic rings. The number of amides is 1. The number of piperidine rings is 1. The zero-order valence-corrected chi connectivity index (χ0v) is 16.4. The van der Waals surface area contributed by atoms with Crippen molar-refractivity contribution in [2.45, 2.75) is 25.7 Å². The molecular weight excluding hydrogens is 372 g/mol. The fourth-order valence-corrected chi connectivity index (χ4v) is 3.90. The number of hydrogen-bond donors (Lipinski definition) is 0. The molecule has 4 rings (SSSR count). The summed E-state index contributed by atoms with van der Waals surface area (Å²) in [6, 6.07) is 11.1. The number of carbonyl (C=O) groups is 1. The van der Waals surface area contributed by atoms with Crippen LogP contribution in [-0.2, 0) is 0 Å². The summed E-state index contributed by atoms with van der Waals surface area (Å²) in [6.07, 6.45) is 7.22. The quantitative estimate of drug-likeness (QED) is 0.657. The van der Waals surface area contributed by atoms with Gasteiger partial charge in [-0.05, 0) is 55.7 Å². The van der Waals surface area contributed by atoms with Gasteiger partial charge in [-0.25, -0.2) is 9.97 Å². The molecule has 1 amide bonds. The molecule has 0 bridgehead atoms. The molecule has 1 aliphatic heterocycles. The molecule has 142 valence electrons. The lowest BCUT2D eigenvalue weighted by Crippen LogP contribution is -2.38. The highest BCUT2D eigenvalue weighted by Gasteiger charge is 2.27. The second-order valence-corrected chi connectivity index (χ2v) is 7.47. The molecule has 5 nitrogen and oxygen atoms in total. The Balaban J connectivity index is 1.53. The minimum atomic E-state index is 0.0363. The highest BCUT2D eigenvalue weighted by atomic mass is 35.5. The fourth-order valence-electron chi connectivity index (χ4n) is 3.71. The van der Waals surface area contributed by atoms with Crippen molar-refractivity contribution < 1.29 is 4.79 Å². The van der Waals surface area contributed by atoms with E-state index in [1.807, 2.05) is 42.3 Å². The molecule has 0 N–H and O–H groups in total. The summed E-state index contributed by atoms with van der Waals surface area (Å²) in [7, 11) is 0. The Bertz CT molecular complexity index is 985. The molecule has 28 heavy (non-hydrogen) atoms. The number of hydrogen-bond acceptors (Lipinski definition) is 4. The van der Waals surface area contributed by atoms with E-state index < -0.39 is 0 Å². The van der Waals surface area contributed by atoms with Crippen LogP contribution in [0.1, 0.15) is 40.6 Å². The molecule has 0 unspecified atom stereocenters. The first-order valence-electron chi connectivity index (χ1n) is 9.40. The first-order chi connectivity index (χ1) is 13.6. The van der Waals surface area contributed by atoms with Gasteiger partial charge >= 0.3 is 0 Å². The minimum absolute atomic E-state index is 0.0363. The summed E-state index contributed by atoms with van der Waals surface area (Å²) in [5.74, 6) is 1.10. The average molecular weight is 393 g/mol. The molecule has 0 aliphatic carbocycles. The summed E-state index contributed by atoms with van der Waals surface area (Å²) in [6.45, 7) is 3.32. The fraction of sp³-hybridized carbons (Fsp3) is 0.273. The lowest BCUT2D eigenvalue weighted by atomic mass is 9.89. The van der Waals surface area contributed by atoms with Gasteiger partial charge in [-0.2, -0.15) is 0 Å². The molecule has 3 heterocycles. The third kappa shape index (κ3) is 3.90. The van der Waals surface area contributed by atoms with Gasteiger partial charge in [-0.1, -0.05) is 17.7 Å². The normalized spacial score (nSPS) is 14.9. The second-order valence-electron chi connectivity index (χ2n) is 7.03. The highest BCUT2D eigenvalue weighted by Crippen LogP contribution is 2.34. The van der Waals surface area contributed by atoms with E-state index in [1.165, 1.54) is 0 Å². The van der Waals surface area contributed by atoms with Gasteiger partial charge in [-0.3, -0.25) is 9.78 Å². The minimum Gasteiger partial charge on any atom is -0.339 e. The van der Waals surface area contributed by atoms with Crippen molar-refractivity contribution in [2.75, 3.05) is 13.1 Å². The number of nitrogens with zero attached hydrogens (tertiary/aromatic N) is 4. The van der Waals surface area contributed by atoms with Crippen molar-refractivity contribution in [3.8, 4) is 11.1 Å². The molecule has 0 radical (unpaired) electrons. The Morgan fingerprint density at radius 3 is 2.61 bits per heavy atom. The van der Waals surface area contributed by atoms with Crippen molar-refractivity contribution >= 4 is 17.5 Å². The number of aryl methyl sites for hydroxylation is 1. The Morgan fingerprint density at radius 2 is 1.89 bits per heavy atom. The number of rotatable bonds is 3. The molecule has 1 saturated heterocycles.